The minimum absolute atomic E-state index is 0.283. The van der Waals surface area contributed by atoms with Crippen molar-refractivity contribution in [3.8, 4) is 0 Å². The molecule has 0 rings (SSSR count). The molecule has 0 saturated heterocycles. The van der Waals surface area contributed by atoms with E-state index >= 15 is 0 Å². The molecule has 0 aliphatic carbocycles. The molecule has 0 amide bonds. The Hall–Kier alpha value is -0.510. The van der Waals surface area contributed by atoms with Crippen LogP contribution in [0.1, 0.15) is 64.2 Å². The van der Waals surface area contributed by atoms with Crippen molar-refractivity contribution in [3.05, 3.63) is 0 Å². The molecule has 0 bridgehead atoms. The van der Waals surface area contributed by atoms with Crippen molar-refractivity contribution in [3.63, 3.8) is 0 Å². The Balaban J connectivity index is 2.94. The van der Waals surface area contributed by atoms with E-state index in [1.807, 2.05) is 0 Å². The highest BCUT2D eigenvalue weighted by molar-refractivity contribution is 7.99. The van der Waals surface area contributed by atoms with Crippen LogP contribution in [0.15, 0.2) is 0 Å². The van der Waals surface area contributed by atoms with E-state index in [1.165, 1.54) is 44.9 Å². The minimum atomic E-state index is -0.697. The van der Waals surface area contributed by atoms with E-state index in [0.717, 1.165) is 24.2 Å². The number of unbranched alkanes of at least 4 members (excludes halogenated alkanes) is 8. The van der Waals surface area contributed by atoms with Crippen LogP contribution in [0.25, 0.3) is 0 Å². The van der Waals surface area contributed by atoms with Gasteiger partial charge in [0.2, 0.25) is 0 Å². The molecule has 106 valence electrons. The average Bonchev–Trinajstić information content (AvgIpc) is 2.34. The number of aliphatic carboxylic acids is 1. The van der Waals surface area contributed by atoms with Crippen LogP contribution < -0.4 is 0 Å². The largest absolute Gasteiger partial charge is 0.481 e. The van der Waals surface area contributed by atoms with Crippen LogP contribution >= 0.6 is 11.8 Å². The Labute approximate surface area is 115 Å². The summed E-state index contributed by atoms with van der Waals surface area (Å²) in [6, 6.07) is 0. The van der Waals surface area contributed by atoms with Crippen molar-refractivity contribution in [2.75, 3.05) is 11.5 Å². The van der Waals surface area contributed by atoms with E-state index in [-0.39, 0.29) is 6.42 Å². The van der Waals surface area contributed by atoms with Gasteiger partial charge in [-0.1, -0.05) is 38.5 Å². The number of carbonyl (C=O) groups excluding carboxylic acids is 1. The summed E-state index contributed by atoms with van der Waals surface area (Å²) < 4.78 is 0. The topological polar surface area (TPSA) is 54.4 Å². The molecular formula is C14H26O3S. The number of carbonyl (C=O) groups is 2. The second kappa shape index (κ2) is 14.6. The monoisotopic (exact) mass is 274 g/mol. The van der Waals surface area contributed by atoms with Gasteiger partial charge in [0.25, 0.3) is 0 Å². The molecule has 18 heavy (non-hydrogen) atoms. The van der Waals surface area contributed by atoms with Gasteiger partial charge in [-0.15, -0.1) is 0 Å². The Morgan fingerprint density at radius 1 is 0.889 bits per heavy atom. The van der Waals surface area contributed by atoms with E-state index in [9.17, 15) is 9.59 Å². The lowest BCUT2D eigenvalue weighted by Crippen LogP contribution is -1.96. The van der Waals surface area contributed by atoms with E-state index in [1.54, 1.807) is 11.8 Å². The van der Waals surface area contributed by atoms with Gasteiger partial charge in [0, 0.05) is 12.2 Å². The lowest BCUT2D eigenvalue weighted by molar-refractivity contribution is -0.136. The smallest absolute Gasteiger partial charge is 0.304 e. The van der Waals surface area contributed by atoms with Gasteiger partial charge in [-0.25, -0.2) is 0 Å². The van der Waals surface area contributed by atoms with Gasteiger partial charge in [-0.3, -0.25) is 4.79 Å². The first-order valence-electron chi connectivity index (χ1n) is 7.00. The molecular weight excluding hydrogens is 248 g/mol. The summed E-state index contributed by atoms with van der Waals surface area (Å²) in [4.78, 5) is 20.4. The van der Waals surface area contributed by atoms with Gasteiger partial charge in [0.05, 0.1) is 6.42 Å². The van der Waals surface area contributed by atoms with Gasteiger partial charge in [0.15, 0.2) is 0 Å². The third-order valence-electron chi connectivity index (χ3n) is 2.82. The molecule has 0 aromatic carbocycles. The van der Waals surface area contributed by atoms with Gasteiger partial charge in [-0.05, 0) is 18.6 Å². The van der Waals surface area contributed by atoms with Gasteiger partial charge < -0.3 is 9.90 Å². The fourth-order valence-electron chi connectivity index (χ4n) is 1.75. The Bertz CT molecular complexity index is 207. The number of aldehydes is 1. The average molecular weight is 274 g/mol. The highest BCUT2D eigenvalue weighted by Gasteiger charge is 1.96. The SMILES string of the molecule is O=CCCCCCCCCCCSCCC(=O)O. The van der Waals surface area contributed by atoms with E-state index in [2.05, 4.69) is 0 Å². The maximum atomic E-state index is 10.3. The normalized spacial score (nSPS) is 10.4. The highest BCUT2D eigenvalue weighted by Crippen LogP contribution is 2.12. The molecule has 0 aromatic rings. The molecule has 0 saturated carbocycles. The predicted octanol–water partition coefficient (Wildman–Crippen LogP) is 3.90. The maximum absolute atomic E-state index is 10.3. The number of carboxylic acid groups (broad SMARTS) is 1. The summed E-state index contributed by atoms with van der Waals surface area (Å²) in [7, 11) is 0. The van der Waals surface area contributed by atoms with Crippen LogP contribution in [0.3, 0.4) is 0 Å². The van der Waals surface area contributed by atoms with E-state index in [4.69, 9.17) is 5.11 Å². The molecule has 1 N–H and O–H groups in total. The minimum Gasteiger partial charge on any atom is -0.481 e. The molecule has 0 spiro atoms. The lowest BCUT2D eigenvalue weighted by atomic mass is 10.1. The molecule has 0 aliphatic heterocycles. The molecule has 3 nitrogen and oxygen atoms in total. The summed E-state index contributed by atoms with van der Waals surface area (Å²) in [6.07, 6.45) is 11.8. The first-order valence-corrected chi connectivity index (χ1v) is 8.16. The number of carboxylic acids is 1. The third-order valence-corrected chi connectivity index (χ3v) is 3.89. The maximum Gasteiger partial charge on any atom is 0.304 e. The molecule has 4 heteroatoms. The summed E-state index contributed by atoms with van der Waals surface area (Å²) in [6.45, 7) is 0. The summed E-state index contributed by atoms with van der Waals surface area (Å²) in [5.41, 5.74) is 0. The zero-order chi connectivity index (χ0) is 13.5. The number of thioether (sulfide) groups is 1. The molecule has 0 aromatic heterocycles. The summed E-state index contributed by atoms with van der Waals surface area (Å²) in [5.74, 6) is 1.13. The van der Waals surface area contributed by atoms with Crippen LogP contribution in [0, 0.1) is 0 Å². The van der Waals surface area contributed by atoms with Crippen molar-refractivity contribution in [2.45, 2.75) is 64.2 Å². The Morgan fingerprint density at radius 3 is 2.00 bits per heavy atom. The second-order valence-electron chi connectivity index (χ2n) is 4.54. The number of hydrogen-bond donors (Lipinski definition) is 1. The van der Waals surface area contributed by atoms with E-state index in [0.29, 0.717) is 6.42 Å². The summed E-state index contributed by atoms with van der Waals surface area (Å²) >= 11 is 1.75. The van der Waals surface area contributed by atoms with Crippen molar-refractivity contribution in [1.82, 2.24) is 0 Å². The van der Waals surface area contributed by atoms with Crippen LogP contribution in [0.5, 0.6) is 0 Å². The van der Waals surface area contributed by atoms with Crippen molar-refractivity contribution >= 4 is 24.0 Å². The Morgan fingerprint density at radius 2 is 1.44 bits per heavy atom. The highest BCUT2D eigenvalue weighted by atomic mass is 32.2. The molecule has 0 fully saturated rings. The predicted molar refractivity (Wildman–Crippen MR) is 77.2 cm³/mol. The van der Waals surface area contributed by atoms with Crippen LogP contribution in [-0.2, 0) is 9.59 Å². The van der Waals surface area contributed by atoms with Crippen LogP contribution in [0.4, 0.5) is 0 Å². The molecule has 0 radical (unpaired) electrons. The first kappa shape index (κ1) is 17.5. The quantitative estimate of drug-likeness (QED) is 0.385. The van der Waals surface area contributed by atoms with Crippen molar-refractivity contribution < 1.29 is 14.7 Å². The van der Waals surface area contributed by atoms with Crippen LogP contribution in [-0.4, -0.2) is 28.9 Å². The van der Waals surface area contributed by atoms with Crippen molar-refractivity contribution in [1.29, 1.82) is 0 Å². The third kappa shape index (κ3) is 15.5. The first-order chi connectivity index (χ1) is 8.77. The van der Waals surface area contributed by atoms with Gasteiger partial charge in [-0.2, -0.15) is 11.8 Å². The fourth-order valence-corrected chi connectivity index (χ4v) is 2.69. The number of rotatable bonds is 14. The van der Waals surface area contributed by atoms with Crippen molar-refractivity contribution in [2.24, 2.45) is 0 Å². The number of hydrogen-bond acceptors (Lipinski definition) is 3. The molecule has 0 unspecified atom stereocenters. The summed E-state index contributed by atoms with van der Waals surface area (Å²) in [5, 5.41) is 8.46. The van der Waals surface area contributed by atoms with Gasteiger partial charge in [0.1, 0.15) is 6.29 Å². The molecule has 0 aliphatic rings. The zero-order valence-corrected chi connectivity index (χ0v) is 12.1. The van der Waals surface area contributed by atoms with E-state index < -0.39 is 5.97 Å². The van der Waals surface area contributed by atoms with Gasteiger partial charge >= 0.3 is 5.97 Å². The standard InChI is InChI=1S/C14H26O3S/c15-11-8-6-4-2-1-3-5-7-9-12-18-13-10-14(16)17/h11H,1-10,12-13H2,(H,16,17). The van der Waals surface area contributed by atoms with Crippen LogP contribution in [0.2, 0.25) is 0 Å². The fraction of sp³-hybridized carbons (Fsp3) is 0.857. The molecule has 0 atom stereocenters. The lowest BCUT2D eigenvalue weighted by Gasteiger charge is -2.02. The zero-order valence-electron chi connectivity index (χ0n) is 11.2. The second-order valence-corrected chi connectivity index (χ2v) is 5.76. The molecule has 0 heterocycles. The Kier molecular flexibility index (Phi) is 14.1.